The molecule has 1 saturated carbocycles. The molecular weight excluding hydrogens is 220 g/mol. The van der Waals surface area contributed by atoms with Crippen molar-refractivity contribution in [3.63, 3.8) is 0 Å². The van der Waals surface area contributed by atoms with E-state index in [-0.39, 0.29) is 5.54 Å². The van der Waals surface area contributed by atoms with Crippen molar-refractivity contribution in [3.05, 3.63) is 35.4 Å². The third-order valence-corrected chi connectivity index (χ3v) is 4.95. The highest BCUT2D eigenvalue weighted by Crippen LogP contribution is 2.43. The number of rotatable bonds is 3. The van der Waals surface area contributed by atoms with Gasteiger partial charge in [0.05, 0.1) is 0 Å². The molecule has 1 unspecified atom stereocenters. The number of fused-ring (bicyclic) bond motifs is 1. The van der Waals surface area contributed by atoms with Crippen LogP contribution in [0.1, 0.15) is 37.3 Å². The topological polar surface area (TPSA) is 29.3 Å². The first-order valence-electron chi connectivity index (χ1n) is 7.26. The molecule has 0 radical (unpaired) electrons. The minimum absolute atomic E-state index is 0.220. The summed E-state index contributed by atoms with van der Waals surface area (Å²) in [6, 6.07) is 8.91. The lowest BCUT2D eigenvalue weighted by Crippen LogP contribution is -2.53. The Kier molecular flexibility index (Phi) is 3.16. The van der Waals surface area contributed by atoms with Crippen molar-refractivity contribution in [1.82, 2.24) is 4.90 Å². The molecule has 0 saturated heterocycles. The number of hydrogen-bond donors (Lipinski definition) is 1. The maximum Gasteiger partial charge on any atom is 0.0335 e. The highest BCUT2D eigenvalue weighted by atomic mass is 15.2. The summed E-state index contributed by atoms with van der Waals surface area (Å²) >= 11 is 0. The van der Waals surface area contributed by atoms with Gasteiger partial charge in [0.25, 0.3) is 0 Å². The Hall–Kier alpha value is -0.860. The van der Waals surface area contributed by atoms with Crippen LogP contribution >= 0.6 is 0 Å². The fourth-order valence-electron chi connectivity index (χ4n) is 3.40. The molecule has 3 rings (SSSR count). The zero-order chi connectivity index (χ0) is 12.6. The van der Waals surface area contributed by atoms with Gasteiger partial charge in [-0.1, -0.05) is 24.3 Å². The SMILES string of the molecule is CC(CN)(C1CC1)N1CCCc2ccccc2C1. The maximum atomic E-state index is 6.11. The molecule has 2 nitrogen and oxygen atoms in total. The van der Waals surface area contributed by atoms with Crippen LogP contribution in [0, 0.1) is 5.92 Å². The summed E-state index contributed by atoms with van der Waals surface area (Å²) in [5, 5.41) is 0. The molecule has 0 aromatic heterocycles. The van der Waals surface area contributed by atoms with Crippen LogP contribution in [-0.2, 0) is 13.0 Å². The van der Waals surface area contributed by atoms with Crippen LogP contribution < -0.4 is 5.73 Å². The first kappa shape index (κ1) is 12.2. The molecule has 1 aliphatic heterocycles. The fourth-order valence-corrected chi connectivity index (χ4v) is 3.40. The van der Waals surface area contributed by atoms with Gasteiger partial charge in [-0.05, 0) is 56.2 Å². The Balaban J connectivity index is 1.86. The molecule has 2 heteroatoms. The minimum Gasteiger partial charge on any atom is -0.329 e. The van der Waals surface area contributed by atoms with Gasteiger partial charge >= 0.3 is 0 Å². The molecule has 98 valence electrons. The van der Waals surface area contributed by atoms with Crippen LogP contribution in [0.5, 0.6) is 0 Å². The summed E-state index contributed by atoms with van der Waals surface area (Å²) in [4.78, 5) is 2.65. The second-order valence-corrected chi connectivity index (χ2v) is 6.13. The average Bonchev–Trinajstić information content (AvgIpc) is 3.23. The Bertz CT molecular complexity index is 425. The van der Waals surface area contributed by atoms with Gasteiger partial charge in [-0.3, -0.25) is 4.90 Å². The van der Waals surface area contributed by atoms with Crippen molar-refractivity contribution in [1.29, 1.82) is 0 Å². The third-order valence-electron chi connectivity index (χ3n) is 4.95. The van der Waals surface area contributed by atoms with Crippen molar-refractivity contribution < 1.29 is 0 Å². The summed E-state index contributed by atoms with van der Waals surface area (Å²) in [6.07, 6.45) is 5.22. The molecule has 18 heavy (non-hydrogen) atoms. The predicted molar refractivity (Wildman–Crippen MR) is 75.4 cm³/mol. The van der Waals surface area contributed by atoms with Gasteiger partial charge in [0, 0.05) is 18.6 Å². The summed E-state index contributed by atoms with van der Waals surface area (Å²) in [5.74, 6) is 0.827. The van der Waals surface area contributed by atoms with Crippen molar-refractivity contribution >= 4 is 0 Å². The summed E-state index contributed by atoms with van der Waals surface area (Å²) in [7, 11) is 0. The standard InChI is InChI=1S/C16H24N2/c1-16(12-17,15-8-9-15)18-10-4-7-13-5-2-3-6-14(13)11-18/h2-3,5-6,15H,4,7-12,17H2,1H3. The molecule has 2 N–H and O–H groups in total. The van der Waals surface area contributed by atoms with E-state index in [9.17, 15) is 0 Å². The number of benzene rings is 1. The molecule has 1 atom stereocenters. The summed E-state index contributed by atoms with van der Waals surface area (Å²) in [6.45, 7) is 5.44. The third kappa shape index (κ3) is 2.08. The van der Waals surface area contributed by atoms with Crippen LogP contribution in [0.2, 0.25) is 0 Å². The van der Waals surface area contributed by atoms with E-state index in [1.807, 2.05) is 0 Å². The molecule has 0 amide bonds. The Morgan fingerprint density at radius 1 is 1.28 bits per heavy atom. The average molecular weight is 244 g/mol. The van der Waals surface area contributed by atoms with Gasteiger partial charge in [0.15, 0.2) is 0 Å². The van der Waals surface area contributed by atoms with Gasteiger partial charge < -0.3 is 5.73 Å². The van der Waals surface area contributed by atoms with E-state index in [4.69, 9.17) is 5.73 Å². The van der Waals surface area contributed by atoms with Crippen LogP contribution in [-0.4, -0.2) is 23.5 Å². The molecular formula is C16H24N2. The van der Waals surface area contributed by atoms with Crippen LogP contribution in [0.3, 0.4) is 0 Å². The number of nitrogens with zero attached hydrogens (tertiary/aromatic N) is 1. The second kappa shape index (κ2) is 4.67. The number of nitrogens with two attached hydrogens (primary N) is 1. The molecule has 1 aliphatic carbocycles. The van der Waals surface area contributed by atoms with Crippen molar-refractivity contribution in [2.75, 3.05) is 13.1 Å². The largest absolute Gasteiger partial charge is 0.329 e. The smallest absolute Gasteiger partial charge is 0.0335 e. The van der Waals surface area contributed by atoms with Crippen molar-refractivity contribution in [2.24, 2.45) is 11.7 Å². The van der Waals surface area contributed by atoms with E-state index < -0.39 is 0 Å². The number of hydrogen-bond acceptors (Lipinski definition) is 2. The van der Waals surface area contributed by atoms with Gasteiger partial charge in [0.1, 0.15) is 0 Å². The fraction of sp³-hybridized carbons (Fsp3) is 0.625. The molecule has 1 aromatic rings. The molecule has 1 heterocycles. The zero-order valence-corrected chi connectivity index (χ0v) is 11.4. The Morgan fingerprint density at radius 2 is 2.00 bits per heavy atom. The van der Waals surface area contributed by atoms with Crippen LogP contribution in [0.4, 0.5) is 0 Å². The lowest BCUT2D eigenvalue weighted by molar-refractivity contribution is 0.0825. The first-order valence-corrected chi connectivity index (χ1v) is 7.26. The Morgan fingerprint density at radius 3 is 2.67 bits per heavy atom. The summed E-state index contributed by atoms with van der Waals surface area (Å²) in [5.41, 5.74) is 9.37. The van der Waals surface area contributed by atoms with Crippen molar-refractivity contribution in [2.45, 2.75) is 44.7 Å². The monoisotopic (exact) mass is 244 g/mol. The highest BCUT2D eigenvalue weighted by Gasteiger charge is 2.44. The van der Waals surface area contributed by atoms with Gasteiger partial charge in [0.2, 0.25) is 0 Å². The van der Waals surface area contributed by atoms with E-state index in [0.717, 1.165) is 19.0 Å². The molecule has 1 aromatic carbocycles. The lowest BCUT2D eigenvalue weighted by Gasteiger charge is -2.41. The summed E-state index contributed by atoms with van der Waals surface area (Å²) < 4.78 is 0. The van der Waals surface area contributed by atoms with E-state index in [1.165, 1.54) is 43.4 Å². The molecule has 2 aliphatic rings. The van der Waals surface area contributed by atoms with Gasteiger partial charge in [-0.15, -0.1) is 0 Å². The second-order valence-electron chi connectivity index (χ2n) is 6.13. The molecule has 0 bridgehead atoms. The minimum atomic E-state index is 0.220. The number of aryl methyl sites for hydroxylation is 1. The Labute approximate surface area is 110 Å². The van der Waals surface area contributed by atoms with E-state index in [2.05, 4.69) is 36.1 Å². The maximum absolute atomic E-state index is 6.11. The van der Waals surface area contributed by atoms with E-state index in [0.29, 0.717) is 0 Å². The van der Waals surface area contributed by atoms with E-state index >= 15 is 0 Å². The normalized spacial score (nSPS) is 24.1. The quantitative estimate of drug-likeness (QED) is 0.885. The van der Waals surface area contributed by atoms with Gasteiger partial charge in [-0.25, -0.2) is 0 Å². The lowest BCUT2D eigenvalue weighted by atomic mass is 9.92. The molecule has 0 spiro atoms. The van der Waals surface area contributed by atoms with E-state index in [1.54, 1.807) is 0 Å². The first-order chi connectivity index (χ1) is 8.74. The highest BCUT2D eigenvalue weighted by molar-refractivity contribution is 5.28. The molecule has 1 fully saturated rings. The van der Waals surface area contributed by atoms with Crippen LogP contribution in [0.15, 0.2) is 24.3 Å². The predicted octanol–water partition coefficient (Wildman–Crippen LogP) is 2.56. The van der Waals surface area contributed by atoms with Crippen LogP contribution in [0.25, 0.3) is 0 Å². The van der Waals surface area contributed by atoms with Crippen molar-refractivity contribution in [3.8, 4) is 0 Å². The van der Waals surface area contributed by atoms with Gasteiger partial charge in [-0.2, -0.15) is 0 Å². The zero-order valence-electron chi connectivity index (χ0n) is 11.4.